The van der Waals surface area contributed by atoms with Crippen LogP contribution in [0.25, 0.3) is 0 Å². The van der Waals surface area contributed by atoms with Gasteiger partial charge in [-0.25, -0.2) is 0 Å². The lowest BCUT2D eigenvalue weighted by atomic mass is 10.5. The number of pyridine rings is 2. The summed E-state index contributed by atoms with van der Waals surface area (Å²) >= 11 is 0. The minimum absolute atomic E-state index is 0. The van der Waals surface area contributed by atoms with Crippen molar-refractivity contribution >= 4 is 17.0 Å². The van der Waals surface area contributed by atoms with Crippen molar-refractivity contribution in [1.82, 2.24) is 9.97 Å². The van der Waals surface area contributed by atoms with E-state index in [0.29, 0.717) is 0 Å². The Labute approximate surface area is 88.4 Å². The van der Waals surface area contributed by atoms with Gasteiger partial charge >= 0.3 is 0 Å². The van der Waals surface area contributed by atoms with Crippen LogP contribution in [0.3, 0.4) is 0 Å². The van der Waals surface area contributed by atoms with Crippen LogP contribution in [0, 0.1) is 0 Å². The average Bonchev–Trinajstić information content (AvgIpc) is 2.24. The minimum atomic E-state index is 0. The summed E-state index contributed by atoms with van der Waals surface area (Å²) in [5.41, 5.74) is 0. The molecule has 0 amide bonds. The molecule has 0 N–H and O–H groups in total. The molecule has 0 aliphatic rings. The van der Waals surface area contributed by atoms with E-state index in [1.54, 1.807) is 24.8 Å². The monoisotopic (exact) mass is 238 g/mol. The van der Waals surface area contributed by atoms with Gasteiger partial charge in [-0.1, -0.05) is 12.1 Å². The van der Waals surface area contributed by atoms with E-state index in [2.05, 4.69) is 9.97 Å². The highest BCUT2D eigenvalue weighted by Crippen LogP contribution is 1.74. The Balaban J connectivity index is 0.000000206. The predicted molar refractivity (Wildman–Crippen MR) is 58.8 cm³/mol. The summed E-state index contributed by atoms with van der Waals surface area (Å²) in [6.45, 7) is 0. The van der Waals surface area contributed by atoms with E-state index < -0.39 is 0 Å². The summed E-state index contributed by atoms with van der Waals surface area (Å²) in [7, 11) is 0. The van der Waals surface area contributed by atoms with Crippen LogP contribution in [0.5, 0.6) is 0 Å². The van der Waals surface area contributed by atoms with Crippen molar-refractivity contribution in [3.63, 3.8) is 0 Å². The molecule has 0 saturated carbocycles. The maximum Gasteiger partial charge on any atom is 0.0267 e. The number of nitrogens with zero attached hydrogens (tertiary/aromatic N) is 2. The Bertz CT molecular complexity index is 188. The molecular weight excluding hydrogens is 228 g/mol. The topological polar surface area (TPSA) is 25.8 Å². The van der Waals surface area contributed by atoms with Crippen LogP contribution in [0.15, 0.2) is 61.2 Å². The van der Waals surface area contributed by atoms with Crippen molar-refractivity contribution in [3.05, 3.63) is 61.2 Å². The molecule has 0 radical (unpaired) electrons. The minimum Gasteiger partial charge on any atom is -0.265 e. The maximum atomic E-state index is 3.78. The Morgan fingerprint density at radius 3 is 0.846 bits per heavy atom. The first kappa shape index (κ1) is 11.8. The van der Waals surface area contributed by atoms with Gasteiger partial charge in [0.2, 0.25) is 0 Å². The smallest absolute Gasteiger partial charge is 0.0267 e. The van der Waals surface area contributed by atoms with Gasteiger partial charge in [-0.15, -0.1) is 17.0 Å². The lowest BCUT2D eigenvalue weighted by Crippen LogP contribution is -1.58. The number of hydrogen-bond acceptors (Lipinski definition) is 2. The van der Waals surface area contributed by atoms with E-state index in [1.165, 1.54) is 0 Å². The number of hydrogen-bond donors (Lipinski definition) is 0. The van der Waals surface area contributed by atoms with E-state index in [-0.39, 0.29) is 17.0 Å². The zero-order valence-electron chi connectivity index (χ0n) is 7.08. The predicted octanol–water partition coefficient (Wildman–Crippen LogP) is 2.74. The molecule has 68 valence electrons. The van der Waals surface area contributed by atoms with Crippen molar-refractivity contribution in [1.29, 1.82) is 0 Å². The second kappa shape index (κ2) is 8.87. The Kier molecular flexibility index (Phi) is 8.04. The molecule has 3 heteroatoms. The van der Waals surface area contributed by atoms with Gasteiger partial charge in [0.1, 0.15) is 0 Å². The van der Waals surface area contributed by atoms with Gasteiger partial charge in [0.25, 0.3) is 0 Å². The first-order chi connectivity index (χ1) is 6.00. The lowest BCUT2D eigenvalue weighted by molar-refractivity contribution is 1.33. The summed E-state index contributed by atoms with van der Waals surface area (Å²) in [6, 6.07) is 11.4. The van der Waals surface area contributed by atoms with Crippen molar-refractivity contribution < 1.29 is 0 Å². The van der Waals surface area contributed by atoms with Crippen LogP contribution < -0.4 is 0 Å². The van der Waals surface area contributed by atoms with Crippen molar-refractivity contribution in [2.24, 2.45) is 0 Å². The molecule has 0 fully saturated rings. The highest BCUT2D eigenvalue weighted by molar-refractivity contribution is 8.93. The third-order valence-electron chi connectivity index (χ3n) is 1.13. The van der Waals surface area contributed by atoms with Crippen LogP contribution in [-0.2, 0) is 0 Å². The van der Waals surface area contributed by atoms with Crippen molar-refractivity contribution in [2.45, 2.75) is 0 Å². The zero-order chi connectivity index (χ0) is 8.49. The molecule has 0 aromatic carbocycles. The third-order valence-corrected chi connectivity index (χ3v) is 1.13. The molecule has 2 nitrogen and oxygen atoms in total. The summed E-state index contributed by atoms with van der Waals surface area (Å²) in [4.78, 5) is 7.57. The van der Waals surface area contributed by atoms with Crippen LogP contribution in [0.4, 0.5) is 0 Å². The van der Waals surface area contributed by atoms with E-state index in [1.807, 2.05) is 36.4 Å². The molecule has 0 saturated heterocycles. The largest absolute Gasteiger partial charge is 0.265 e. The summed E-state index contributed by atoms with van der Waals surface area (Å²) in [5, 5.41) is 0. The molecular formula is C10H11BrN2. The van der Waals surface area contributed by atoms with E-state index in [4.69, 9.17) is 0 Å². The first-order valence-corrected chi connectivity index (χ1v) is 3.70. The van der Waals surface area contributed by atoms with Gasteiger partial charge in [-0.05, 0) is 24.3 Å². The average molecular weight is 239 g/mol. The van der Waals surface area contributed by atoms with Crippen molar-refractivity contribution in [3.8, 4) is 0 Å². The molecule has 0 aliphatic carbocycles. The van der Waals surface area contributed by atoms with Gasteiger partial charge < -0.3 is 0 Å². The fraction of sp³-hybridized carbons (Fsp3) is 0. The summed E-state index contributed by atoms with van der Waals surface area (Å²) in [6.07, 6.45) is 7.00. The lowest BCUT2D eigenvalue weighted by Gasteiger charge is -1.70. The maximum absolute atomic E-state index is 3.78. The Morgan fingerprint density at radius 1 is 0.462 bits per heavy atom. The van der Waals surface area contributed by atoms with E-state index in [9.17, 15) is 0 Å². The fourth-order valence-electron chi connectivity index (χ4n) is 0.625. The van der Waals surface area contributed by atoms with Gasteiger partial charge in [0.15, 0.2) is 0 Å². The molecule has 0 spiro atoms. The molecule has 0 bridgehead atoms. The molecule has 0 atom stereocenters. The number of rotatable bonds is 0. The van der Waals surface area contributed by atoms with E-state index >= 15 is 0 Å². The molecule has 13 heavy (non-hydrogen) atoms. The standard InChI is InChI=1S/2C5H5N.BrH/c2*1-2-4-6-5-3-1;/h2*1-5H;1H. The van der Waals surface area contributed by atoms with Gasteiger partial charge in [0, 0.05) is 24.8 Å². The highest BCUT2D eigenvalue weighted by atomic mass is 79.9. The summed E-state index contributed by atoms with van der Waals surface area (Å²) in [5.74, 6) is 0. The van der Waals surface area contributed by atoms with Gasteiger partial charge in [-0.2, -0.15) is 0 Å². The molecule has 2 heterocycles. The Morgan fingerprint density at radius 2 is 0.769 bits per heavy atom. The van der Waals surface area contributed by atoms with Gasteiger partial charge in [-0.3, -0.25) is 9.97 Å². The quantitative estimate of drug-likeness (QED) is 0.706. The second-order valence-corrected chi connectivity index (χ2v) is 2.05. The van der Waals surface area contributed by atoms with Crippen LogP contribution in [0.2, 0.25) is 0 Å². The second-order valence-electron chi connectivity index (χ2n) is 2.05. The van der Waals surface area contributed by atoms with Crippen molar-refractivity contribution in [2.75, 3.05) is 0 Å². The zero-order valence-corrected chi connectivity index (χ0v) is 8.79. The number of halogens is 1. The fourth-order valence-corrected chi connectivity index (χ4v) is 0.625. The molecule has 0 unspecified atom stereocenters. The van der Waals surface area contributed by atoms with Crippen LogP contribution in [0.1, 0.15) is 0 Å². The first-order valence-electron chi connectivity index (χ1n) is 3.70. The van der Waals surface area contributed by atoms with Crippen LogP contribution >= 0.6 is 17.0 Å². The molecule has 2 aromatic rings. The normalized spacial score (nSPS) is 7.38. The number of aromatic nitrogens is 2. The highest BCUT2D eigenvalue weighted by Gasteiger charge is 1.59. The van der Waals surface area contributed by atoms with E-state index in [0.717, 1.165) is 0 Å². The van der Waals surface area contributed by atoms with Gasteiger partial charge in [0.05, 0.1) is 0 Å². The Hall–Kier alpha value is -1.22. The molecule has 2 aromatic heterocycles. The SMILES string of the molecule is Br.c1ccncc1.c1ccncc1. The molecule has 0 aliphatic heterocycles. The molecule has 2 rings (SSSR count). The summed E-state index contributed by atoms with van der Waals surface area (Å²) < 4.78 is 0. The van der Waals surface area contributed by atoms with Crippen LogP contribution in [-0.4, -0.2) is 9.97 Å². The third kappa shape index (κ3) is 7.15.